The molecule has 0 aliphatic carbocycles. The third-order valence-electron chi connectivity index (χ3n) is 3.06. The van der Waals surface area contributed by atoms with Crippen LogP contribution in [0.1, 0.15) is 33.6 Å². The van der Waals surface area contributed by atoms with Crippen LogP contribution in [-0.2, 0) is 9.59 Å². The van der Waals surface area contributed by atoms with Gasteiger partial charge >= 0.3 is 5.97 Å². The number of carboxylic acids is 1. The van der Waals surface area contributed by atoms with E-state index < -0.39 is 18.1 Å². The van der Waals surface area contributed by atoms with Crippen molar-refractivity contribution in [3.63, 3.8) is 0 Å². The molecule has 1 saturated heterocycles. The van der Waals surface area contributed by atoms with Crippen LogP contribution in [0.4, 0.5) is 0 Å². The molecule has 18 heavy (non-hydrogen) atoms. The zero-order valence-electron chi connectivity index (χ0n) is 11.1. The summed E-state index contributed by atoms with van der Waals surface area (Å²) in [7, 11) is 0. The molecule has 2 unspecified atom stereocenters. The van der Waals surface area contributed by atoms with Gasteiger partial charge in [0, 0.05) is 5.75 Å². The van der Waals surface area contributed by atoms with E-state index in [1.807, 2.05) is 20.8 Å². The van der Waals surface area contributed by atoms with Crippen molar-refractivity contribution in [2.45, 2.75) is 51.1 Å². The van der Waals surface area contributed by atoms with Gasteiger partial charge in [-0.05, 0) is 12.3 Å². The van der Waals surface area contributed by atoms with Crippen molar-refractivity contribution in [3.8, 4) is 0 Å². The summed E-state index contributed by atoms with van der Waals surface area (Å²) in [5.74, 6) is -0.504. The highest BCUT2D eigenvalue weighted by Gasteiger charge is 2.43. The molecule has 0 radical (unpaired) electrons. The Morgan fingerprint density at radius 2 is 2.11 bits per heavy atom. The molecule has 1 rings (SSSR count). The minimum absolute atomic E-state index is 0.0819. The Morgan fingerprint density at radius 3 is 2.56 bits per heavy atom. The van der Waals surface area contributed by atoms with Crippen LogP contribution in [0.15, 0.2) is 0 Å². The second kappa shape index (κ2) is 6.43. The van der Waals surface area contributed by atoms with Crippen molar-refractivity contribution in [3.05, 3.63) is 0 Å². The SMILES string of the molecule is CCC[C@@H](N)C(=O)N1C(C(=O)O)CSC1C(C)C. The van der Waals surface area contributed by atoms with E-state index in [-0.39, 0.29) is 17.2 Å². The van der Waals surface area contributed by atoms with Gasteiger partial charge in [0.15, 0.2) is 0 Å². The number of aliphatic carboxylic acids is 1. The number of hydrogen-bond donors (Lipinski definition) is 2. The van der Waals surface area contributed by atoms with Gasteiger partial charge in [0.25, 0.3) is 0 Å². The van der Waals surface area contributed by atoms with Gasteiger partial charge in [0.05, 0.1) is 11.4 Å². The van der Waals surface area contributed by atoms with Gasteiger partial charge in [-0.3, -0.25) is 4.79 Å². The fourth-order valence-corrected chi connectivity index (χ4v) is 3.62. The monoisotopic (exact) mass is 274 g/mol. The van der Waals surface area contributed by atoms with Gasteiger partial charge in [-0.2, -0.15) is 0 Å². The second-order valence-corrected chi connectivity index (χ2v) is 6.11. The number of hydrogen-bond acceptors (Lipinski definition) is 4. The smallest absolute Gasteiger partial charge is 0.327 e. The minimum Gasteiger partial charge on any atom is -0.480 e. The van der Waals surface area contributed by atoms with Gasteiger partial charge in [0.1, 0.15) is 6.04 Å². The maximum absolute atomic E-state index is 12.3. The first-order chi connectivity index (χ1) is 8.40. The first-order valence-corrected chi connectivity index (χ1v) is 7.37. The normalized spacial score (nSPS) is 25.5. The molecule has 1 aliphatic heterocycles. The van der Waals surface area contributed by atoms with Crippen molar-refractivity contribution in [1.29, 1.82) is 0 Å². The predicted octanol–water partition coefficient (Wildman–Crippen LogP) is 1.12. The maximum atomic E-state index is 12.3. The number of carbonyl (C=O) groups excluding carboxylic acids is 1. The summed E-state index contributed by atoms with van der Waals surface area (Å²) < 4.78 is 0. The maximum Gasteiger partial charge on any atom is 0.327 e. The van der Waals surface area contributed by atoms with E-state index in [2.05, 4.69) is 0 Å². The van der Waals surface area contributed by atoms with E-state index in [4.69, 9.17) is 5.73 Å². The molecule has 6 heteroatoms. The zero-order chi connectivity index (χ0) is 13.9. The van der Waals surface area contributed by atoms with Gasteiger partial charge in [-0.1, -0.05) is 27.2 Å². The van der Waals surface area contributed by atoms with Gasteiger partial charge in [-0.25, -0.2) is 4.79 Å². The number of thioether (sulfide) groups is 1. The summed E-state index contributed by atoms with van der Waals surface area (Å²) in [5, 5.41) is 9.11. The van der Waals surface area contributed by atoms with Crippen molar-refractivity contribution in [1.82, 2.24) is 4.90 Å². The molecule has 1 amide bonds. The molecule has 1 heterocycles. The number of rotatable bonds is 5. The van der Waals surface area contributed by atoms with Crippen LogP contribution in [0.3, 0.4) is 0 Å². The second-order valence-electron chi connectivity index (χ2n) is 4.96. The summed E-state index contributed by atoms with van der Waals surface area (Å²) in [6, 6.07) is -1.32. The topological polar surface area (TPSA) is 83.6 Å². The number of carbonyl (C=O) groups is 2. The van der Waals surface area contributed by atoms with Crippen LogP contribution in [0.25, 0.3) is 0 Å². The molecule has 1 aliphatic rings. The molecule has 0 aromatic heterocycles. The van der Waals surface area contributed by atoms with Gasteiger partial charge < -0.3 is 15.7 Å². The number of nitrogens with two attached hydrogens (primary N) is 1. The van der Waals surface area contributed by atoms with E-state index in [9.17, 15) is 14.7 Å². The number of nitrogens with zero attached hydrogens (tertiary/aromatic N) is 1. The van der Waals surface area contributed by atoms with E-state index in [0.717, 1.165) is 6.42 Å². The predicted molar refractivity (Wildman–Crippen MR) is 72.2 cm³/mol. The molecule has 0 aromatic rings. The van der Waals surface area contributed by atoms with E-state index in [1.165, 1.54) is 16.7 Å². The molecule has 3 atom stereocenters. The molecular weight excluding hydrogens is 252 g/mol. The summed E-state index contributed by atoms with van der Waals surface area (Å²) in [5.41, 5.74) is 5.84. The largest absolute Gasteiger partial charge is 0.480 e. The zero-order valence-corrected chi connectivity index (χ0v) is 11.9. The Labute approximate surface area is 112 Å². The fraction of sp³-hybridized carbons (Fsp3) is 0.833. The Balaban J connectivity index is 2.89. The first kappa shape index (κ1) is 15.3. The van der Waals surface area contributed by atoms with Crippen LogP contribution in [0, 0.1) is 5.92 Å². The molecule has 5 nitrogen and oxygen atoms in total. The van der Waals surface area contributed by atoms with Crippen LogP contribution >= 0.6 is 11.8 Å². The summed E-state index contributed by atoms with van der Waals surface area (Å²) >= 11 is 1.53. The lowest BCUT2D eigenvalue weighted by molar-refractivity contribution is -0.150. The van der Waals surface area contributed by atoms with Crippen LogP contribution < -0.4 is 5.73 Å². The quantitative estimate of drug-likeness (QED) is 0.785. The lowest BCUT2D eigenvalue weighted by Crippen LogP contribution is -2.53. The highest BCUT2D eigenvalue weighted by molar-refractivity contribution is 8.00. The molecule has 0 aromatic carbocycles. The van der Waals surface area contributed by atoms with Gasteiger partial charge in [0.2, 0.25) is 5.91 Å². The van der Waals surface area contributed by atoms with Crippen LogP contribution in [-0.4, -0.2) is 45.1 Å². The van der Waals surface area contributed by atoms with E-state index >= 15 is 0 Å². The highest BCUT2D eigenvalue weighted by atomic mass is 32.2. The third-order valence-corrected chi connectivity index (χ3v) is 4.68. The van der Waals surface area contributed by atoms with Crippen LogP contribution in [0.5, 0.6) is 0 Å². The Morgan fingerprint density at radius 1 is 1.50 bits per heavy atom. The molecule has 0 bridgehead atoms. The highest BCUT2D eigenvalue weighted by Crippen LogP contribution is 2.34. The Kier molecular flexibility index (Phi) is 5.47. The summed E-state index contributed by atoms with van der Waals surface area (Å²) in [6.45, 7) is 5.95. The lowest BCUT2D eigenvalue weighted by Gasteiger charge is -2.31. The average Bonchev–Trinajstić information content (AvgIpc) is 2.72. The van der Waals surface area contributed by atoms with Crippen molar-refractivity contribution < 1.29 is 14.7 Å². The van der Waals surface area contributed by atoms with Crippen molar-refractivity contribution in [2.75, 3.05) is 5.75 Å². The summed E-state index contributed by atoms with van der Waals surface area (Å²) in [4.78, 5) is 25.0. The van der Waals surface area contributed by atoms with E-state index in [1.54, 1.807) is 0 Å². The average molecular weight is 274 g/mol. The molecule has 0 spiro atoms. The third kappa shape index (κ3) is 3.17. The summed E-state index contributed by atoms with van der Waals surface area (Å²) in [6.07, 6.45) is 1.41. The van der Waals surface area contributed by atoms with Crippen LogP contribution in [0.2, 0.25) is 0 Å². The van der Waals surface area contributed by atoms with E-state index in [0.29, 0.717) is 12.2 Å². The Bertz CT molecular complexity index is 322. The number of carboxylic acid groups (broad SMARTS) is 1. The van der Waals surface area contributed by atoms with Gasteiger partial charge in [-0.15, -0.1) is 11.8 Å². The first-order valence-electron chi connectivity index (χ1n) is 6.32. The molecule has 0 saturated carbocycles. The minimum atomic E-state index is -0.942. The molecular formula is C12H22N2O3S. The Hall–Kier alpha value is -0.750. The molecule has 3 N–H and O–H groups in total. The standard InChI is InChI=1S/C12H22N2O3S/c1-4-5-8(13)10(15)14-9(12(16)17)6-18-11(14)7(2)3/h7-9,11H,4-6,13H2,1-3H3,(H,16,17)/t8-,9?,11?/m1/s1. The lowest BCUT2D eigenvalue weighted by atomic mass is 10.1. The van der Waals surface area contributed by atoms with Crippen molar-refractivity contribution >= 4 is 23.6 Å². The van der Waals surface area contributed by atoms with Crippen molar-refractivity contribution in [2.24, 2.45) is 11.7 Å². The molecule has 104 valence electrons. The fourth-order valence-electron chi connectivity index (χ4n) is 2.14. The number of amides is 1. The molecule has 1 fully saturated rings.